The minimum absolute atomic E-state index is 0.307. The first kappa shape index (κ1) is 14.1. The lowest BCUT2D eigenvalue weighted by Gasteiger charge is -2.11. The molecule has 0 aliphatic carbocycles. The number of carbonyl (C=O) groups is 1. The van der Waals surface area contributed by atoms with Crippen LogP contribution in [0.4, 0.5) is 0 Å². The SMILES string of the molecule is Cc1cc(CC(N)C(=O)O)ccc1Oc1ccccc1. The number of carboxylic acids is 1. The van der Waals surface area contributed by atoms with Crippen molar-refractivity contribution in [1.29, 1.82) is 0 Å². The molecule has 0 radical (unpaired) electrons. The first-order valence-electron chi connectivity index (χ1n) is 6.37. The van der Waals surface area contributed by atoms with Crippen LogP contribution in [-0.2, 0) is 11.2 Å². The van der Waals surface area contributed by atoms with Crippen molar-refractivity contribution in [2.45, 2.75) is 19.4 Å². The summed E-state index contributed by atoms with van der Waals surface area (Å²) in [6.45, 7) is 1.92. The van der Waals surface area contributed by atoms with E-state index < -0.39 is 12.0 Å². The predicted octanol–water partition coefficient (Wildman–Crippen LogP) is 2.74. The molecule has 1 atom stereocenters. The van der Waals surface area contributed by atoms with Crippen molar-refractivity contribution in [3.8, 4) is 11.5 Å². The molecule has 0 aliphatic rings. The van der Waals surface area contributed by atoms with E-state index in [1.165, 1.54) is 0 Å². The van der Waals surface area contributed by atoms with Gasteiger partial charge in [0.05, 0.1) is 0 Å². The van der Waals surface area contributed by atoms with Gasteiger partial charge in [0.15, 0.2) is 0 Å². The van der Waals surface area contributed by atoms with Gasteiger partial charge >= 0.3 is 5.97 Å². The van der Waals surface area contributed by atoms with Crippen LogP contribution < -0.4 is 10.5 Å². The summed E-state index contributed by atoms with van der Waals surface area (Å²) >= 11 is 0. The summed E-state index contributed by atoms with van der Waals surface area (Å²) in [7, 11) is 0. The smallest absolute Gasteiger partial charge is 0.320 e. The van der Waals surface area contributed by atoms with Crippen LogP contribution in [0.1, 0.15) is 11.1 Å². The second-order valence-electron chi connectivity index (χ2n) is 4.66. The largest absolute Gasteiger partial charge is 0.480 e. The van der Waals surface area contributed by atoms with Gasteiger partial charge in [0.2, 0.25) is 0 Å². The highest BCUT2D eigenvalue weighted by Crippen LogP contribution is 2.25. The van der Waals surface area contributed by atoms with Gasteiger partial charge in [-0.2, -0.15) is 0 Å². The lowest BCUT2D eigenvalue weighted by Crippen LogP contribution is -2.32. The summed E-state index contributed by atoms with van der Waals surface area (Å²) in [6, 6.07) is 14.2. The highest BCUT2D eigenvalue weighted by Gasteiger charge is 2.13. The zero-order valence-corrected chi connectivity index (χ0v) is 11.2. The van der Waals surface area contributed by atoms with Crippen molar-refractivity contribution in [3.63, 3.8) is 0 Å². The minimum Gasteiger partial charge on any atom is -0.480 e. The number of hydrogen-bond acceptors (Lipinski definition) is 3. The number of nitrogens with two attached hydrogens (primary N) is 1. The zero-order chi connectivity index (χ0) is 14.5. The molecule has 0 bridgehead atoms. The molecule has 3 N–H and O–H groups in total. The van der Waals surface area contributed by atoms with E-state index in [4.69, 9.17) is 15.6 Å². The van der Waals surface area contributed by atoms with Gasteiger partial charge < -0.3 is 15.6 Å². The monoisotopic (exact) mass is 271 g/mol. The third kappa shape index (κ3) is 3.59. The molecular formula is C16H17NO3. The Morgan fingerprint density at radius 3 is 2.55 bits per heavy atom. The summed E-state index contributed by atoms with van der Waals surface area (Å²) in [5.74, 6) is 0.529. The van der Waals surface area contributed by atoms with Crippen LogP contribution >= 0.6 is 0 Å². The molecule has 2 aromatic carbocycles. The number of aryl methyl sites for hydroxylation is 1. The van der Waals surface area contributed by atoms with E-state index in [0.29, 0.717) is 6.42 Å². The maximum Gasteiger partial charge on any atom is 0.320 e. The van der Waals surface area contributed by atoms with E-state index in [-0.39, 0.29) is 0 Å². The van der Waals surface area contributed by atoms with E-state index in [1.54, 1.807) is 0 Å². The Morgan fingerprint density at radius 1 is 1.25 bits per heavy atom. The molecule has 0 heterocycles. The summed E-state index contributed by atoms with van der Waals surface area (Å²) < 4.78 is 5.77. The molecule has 2 aromatic rings. The lowest BCUT2D eigenvalue weighted by molar-refractivity contribution is -0.138. The first-order valence-corrected chi connectivity index (χ1v) is 6.37. The predicted molar refractivity (Wildman–Crippen MR) is 77.0 cm³/mol. The molecule has 0 aliphatic heterocycles. The van der Waals surface area contributed by atoms with Crippen LogP contribution in [0.5, 0.6) is 11.5 Å². The van der Waals surface area contributed by atoms with Gasteiger partial charge in [0.1, 0.15) is 17.5 Å². The molecule has 0 aromatic heterocycles. The van der Waals surface area contributed by atoms with E-state index in [0.717, 1.165) is 22.6 Å². The maximum absolute atomic E-state index is 10.7. The Kier molecular flexibility index (Phi) is 4.38. The summed E-state index contributed by atoms with van der Waals surface area (Å²) in [6.07, 6.45) is 0.307. The van der Waals surface area contributed by atoms with E-state index in [9.17, 15) is 4.79 Å². The van der Waals surface area contributed by atoms with Crippen molar-refractivity contribution in [1.82, 2.24) is 0 Å². The Labute approximate surface area is 117 Å². The molecule has 4 nitrogen and oxygen atoms in total. The molecule has 20 heavy (non-hydrogen) atoms. The summed E-state index contributed by atoms with van der Waals surface area (Å²) in [5.41, 5.74) is 7.36. The lowest BCUT2D eigenvalue weighted by atomic mass is 10.0. The standard InChI is InChI=1S/C16H17NO3/c1-11-9-12(10-14(17)16(18)19)7-8-15(11)20-13-5-3-2-4-6-13/h2-9,14H,10,17H2,1H3,(H,18,19). The van der Waals surface area contributed by atoms with E-state index in [2.05, 4.69) is 0 Å². The van der Waals surface area contributed by atoms with Crippen molar-refractivity contribution in [2.24, 2.45) is 5.73 Å². The molecule has 2 rings (SSSR count). The highest BCUT2D eigenvalue weighted by molar-refractivity contribution is 5.73. The number of rotatable bonds is 5. The molecule has 1 unspecified atom stereocenters. The molecule has 0 fully saturated rings. The van der Waals surface area contributed by atoms with E-state index >= 15 is 0 Å². The van der Waals surface area contributed by atoms with Crippen LogP contribution in [0.25, 0.3) is 0 Å². The van der Waals surface area contributed by atoms with Crippen molar-refractivity contribution in [2.75, 3.05) is 0 Å². The fourth-order valence-corrected chi connectivity index (χ4v) is 1.91. The zero-order valence-electron chi connectivity index (χ0n) is 11.2. The molecule has 0 saturated carbocycles. The molecule has 0 spiro atoms. The van der Waals surface area contributed by atoms with Gasteiger partial charge in [-0.3, -0.25) is 4.79 Å². The number of ether oxygens (including phenoxy) is 1. The summed E-state index contributed by atoms with van der Waals surface area (Å²) in [4.78, 5) is 10.7. The van der Waals surface area contributed by atoms with Gasteiger partial charge in [-0.25, -0.2) is 0 Å². The number of para-hydroxylation sites is 1. The third-order valence-electron chi connectivity index (χ3n) is 2.98. The second-order valence-corrected chi connectivity index (χ2v) is 4.66. The third-order valence-corrected chi connectivity index (χ3v) is 2.98. The number of hydrogen-bond donors (Lipinski definition) is 2. The molecule has 0 amide bonds. The van der Waals surface area contributed by atoms with Gasteiger partial charge in [-0.15, -0.1) is 0 Å². The number of carboxylic acid groups (broad SMARTS) is 1. The Balaban J connectivity index is 2.12. The first-order chi connectivity index (χ1) is 9.56. The van der Waals surface area contributed by atoms with Gasteiger partial charge in [-0.05, 0) is 42.7 Å². The second kappa shape index (κ2) is 6.21. The summed E-state index contributed by atoms with van der Waals surface area (Å²) in [5, 5.41) is 8.81. The van der Waals surface area contributed by atoms with Crippen LogP contribution in [0.15, 0.2) is 48.5 Å². The highest BCUT2D eigenvalue weighted by atomic mass is 16.5. The molecule has 104 valence electrons. The van der Waals surface area contributed by atoms with Crippen LogP contribution in [0.3, 0.4) is 0 Å². The number of aliphatic carboxylic acids is 1. The van der Waals surface area contributed by atoms with Crippen molar-refractivity contribution in [3.05, 3.63) is 59.7 Å². The average molecular weight is 271 g/mol. The quantitative estimate of drug-likeness (QED) is 0.877. The fourth-order valence-electron chi connectivity index (χ4n) is 1.91. The van der Waals surface area contributed by atoms with Gasteiger partial charge in [-0.1, -0.05) is 30.3 Å². The van der Waals surface area contributed by atoms with Crippen LogP contribution in [0.2, 0.25) is 0 Å². The topological polar surface area (TPSA) is 72.6 Å². The van der Waals surface area contributed by atoms with Crippen molar-refractivity contribution >= 4 is 5.97 Å². The Bertz CT molecular complexity index is 596. The van der Waals surface area contributed by atoms with Gasteiger partial charge in [0, 0.05) is 0 Å². The normalized spacial score (nSPS) is 11.9. The number of benzene rings is 2. The van der Waals surface area contributed by atoms with Crippen LogP contribution in [0, 0.1) is 6.92 Å². The van der Waals surface area contributed by atoms with Crippen LogP contribution in [-0.4, -0.2) is 17.1 Å². The van der Waals surface area contributed by atoms with Gasteiger partial charge in [0.25, 0.3) is 0 Å². The Hall–Kier alpha value is -2.33. The average Bonchev–Trinajstić information content (AvgIpc) is 2.43. The maximum atomic E-state index is 10.7. The molecular weight excluding hydrogens is 254 g/mol. The van der Waals surface area contributed by atoms with E-state index in [1.807, 2.05) is 55.5 Å². The molecule has 4 heteroatoms. The van der Waals surface area contributed by atoms with Crippen molar-refractivity contribution < 1.29 is 14.6 Å². The Morgan fingerprint density at radius 2 is 1.95 bits per heavy atom. The molecule has 0 saturated heterocycles. The minimum atomic E-state index is -0.993. The fraction of sp³-hybridized carbons (Fsp3) is 0.188.